The first-order chi connectivity index (χ1) is 9.02. The first kappa shape index (κ1) is 13.4. The lowest BCUT2D eigenvalue weighted by Gasteiger charge is -2.10. The van der Waals surface area contributed by atoms with Crippen LogP contribution in [0.25, 0.3) is 5.69 Å². The number of hydrogen-bond donors (Lipinski definition) is 2. The molecule has 0 aliphatic heterocycles. The van der Waals surface area contributed by atoms with Crippen LogP contribution in [0.2, 0.25) is 5.02 Å². The molecule has 0 aliphatic carbocycles. The Labute approximate surface area is 116 Å². The van der Waals surface area contributed by atoms with Crippen molar-refractivity contribution in [1.29, 1.82) is 0 Å². The van der Waals surface area contributed by atoms with Gasteiger partial charge >= 0.3 is 0 Å². The largest absolute Gasteiger partial charge is 0.399 e. The predicted molar refractivity (Wildman–Crippen MR) is 75.7 cm³/mol. The molecule has 0 aliphatic rings. The molecule has 1 amide bonds. The van der Waals surface area contributed by atoms with Crippen LogP contribution in [0.5, 0.6) is 0 Å². The average Bonchev–Trinajstić information content (AvgIpc) is 2.69. The predicted octanol–water partition coefficient (Wildman–Crippen LogP) is 2.17. The molecule has 2 aromatic rings. The number of carbonyl (C=O) groups is 1. The van der Waals surface area contributed by atoms with Crippen LogP contribution in [0, 0.1) is 6.92 Å². The summed E-state index contributed by atoms with van der Waals surface area (Å²) in [5, 5.41) is 7.58. The number of nitrogens with zero attached hydrogens (tertiary/aromatic N) is 2. The Kier molecular flexibility index (Phi) is 3.76. The van der Waals surface area contributed by atoms with Gasteiger partial charge in [-0.2, -0.15) is 5.10 Å². The molecule has 5 nitrogen and oxygen atoms in total. The zero-order chi connectivity index (χ0) is 14.0. The minimum absolute atomic E-state index is 0.165. The van der Waals surface area contributed by atoms with Crippen molar-refractivity contribution in [3.8, 4) is 5.69 Å². The number of nitrogens with one attached hydrogen (secondary N) is 1. The number of rotatable bonds is 3. The molecule has 1 aromatic carbocycles. The molecule has 3 N–H and O–H groups in total. The first-order valence-corrected chi connectivity index (χ1v) is 6.30. The van der Waals surface area contributed by atoms with Crippen LogP contribution in [0.15, 0.2) is 24.4 Å². The molecular formula is C13H15ClN4O. The standard InChI is InChI=1S/C13H15ClN4O/c1-3-16-13(19)10-5-4-9(15)6-12(10)18-7-11(14)8(2)17-18/h4-7H,3,15H2,1-2H3,(H,16,19). The Bertz CT molecular complexity index is 602. The lowest BCUT2D eigenvalue weighted by molar-refractivity contribution is 0.0955. The van der Waals surface area contributed by atoms with E-state index in [1.165, 1.54) is 0 Å². The number of anilines is 1. The van der Waals surface area contributed by atoms with E-state index < -0.39 is 0 Å². The third kappa shape index (κ3) is 2.71. The number of carbonyl (C=O) groups excluding carboxylic acids is 1. The quantitative estimate of drug-likeness (QED) is 0.845. The van der Waals surface area contributed by atoms with Crippen molar-refractivity contribution < 1.29 is 4.79 Å². The van der Waals surface area contributed by atoms with Gasteiger partial charge in [0.05, 0.1) is 22.0 Å². The number of nitrogen functional groups attached to an aromatic ring is 1. The van der Waals surface area contributed by atoms with E-state index in [0.717, 1.165) is 0 Å². The number of amides is 1. The second kappa shape index (κ2) is 5.32. The zero-order valence-corrected chi connectivity index (χ0v) is 11.5. The van der Waals surface area contributed by atoms with Gasteiger partial charge in [-0.3, -0.25) is 4.79 Å². The molecule has 0 atom stereocenters. The third-order valence-corrected chi connectivity index (χ3v) is 3.06. The van der Waals surface area contributed by atoms with E-state index in [9.17, 15) is 4.79 Å². The molecule has 2 rings (SSSR count). The van der Waals surface area contributed by atoms with E-state index in [1.54, 1.807) is 36.0 Å². The minimum atomic E-state index is -0.165. The van der Waals surface area contributed by atoms with Crippen LogP contribution >= 0.6 is 11.6 Å². The van der Waals surface area contributed by atoms with Gasteiger partial charge in [-0.05, 0) is 32.0 Å². The van der Waals surface area contributed by atoms with Crippen LogP contribution in [-0.2, 0) is 0 Å². The smallest absolute Gasteiger partial charge is 0.253 e. The number of aromatic nitrogens is 2. The fourth-order valence-electron chi connectivity index (χ4n) is 1.75. The topological polar surface area (TPSA) is 72.9 Å². The molecule has 6 heteroatoms. The van der Waals surface area contributed by atoms with Crippen molar-refractivity contribution in [3.05, 3.63) is 40.7 Å². The van der Waals surface area contributed by atoms with Crippen molar-refractivity contribution >= 4 is 23.2 Å². The highest BCUT2D eigenvalue weighted by Gasteiger charge is 2.14. The second-order valence-electron chi connectivity index (χ2n) is 4.14. The summed E-state index contributed by atoms with van der Waals surface area (Å²) in [4.78, 5) is 12.0. The van der Waals surface area contributed by atoms with Gasteiger partial charge in [-0.1, -0.05) is 11.6 Å². The summed E-state index contributed by atoms with van der Waals surface area (Å²) in [6.07, 6.45) is 1.66. The minimum Gasteiger partial charge on any atom is -0.399 e. The maximum absolute atomic E-state index is 12.0. The van der Waals surface area contributed by atoms with Gasteiger partial charge in [0.1, 0.15) is 0 Å². The molecule has 100 valence electrons. The molecule has 0 spiro atoms. The first-order valence-electron chi connectivity index (χ1n) is 5.92. The van der Waals surface area contributed by atoms with Crippen molar-refractivity contribution in [2.75, 3.05) is 12.3 Å². The Morgan fingerprint density at radius 2 is 2.26 bits per heavy atom. The molecule has 0 bridgehead atoms. The Hall–Kier alpha value is -2.01. The molecule has 0 saturated carbocycles. The van der Waals surface area contributed by atoms with Gasteiger partial charge in [0.2, 0.25) is 0 Å². The molecule has 0 unspecified atom stereocenters. The number of aryl methyl sites for hydroxylation is 1. The molecular weight excluding hydrogens is 264 g/mol. The maximum Gasteiger partial charge on any atom is 0.253 e. The molecule has 1 heterocycles. The monoisotopic (exact) mass is 278 g/mol. The molecule has 0 fully saturated rings. The highest BCUT2D eigenvalue weighted by molar-refractivity contribution is 6.31. The van der Waals surface area contributed by atoms with Crippen molar-refractivity contribution in [3.63, 3.8) is 0 Å². The fraction of sp³-hybridized carbons (Fsp3) is 0.231. The fourth-order valence-corrected chi connectivity index (χ4v) is 1.88. The highest BCUT2D eigenvalue weighted by Crippen LogP contribution is 2.21. The van der Waals surface area contributed by atoms with Gasteiger partial charge in [-0.25, -0.2) is 4.68 Å². The van der Waals surface area contributed by atoms with Gasteiger partial charge in [0, 0.05) is 18.4 Å². The van der Waals surface area contributed by atoms with Crippen molar-refractivity contribution in [2.45, 2.75) is 13.8 Å². The van der Waals surface area contributed by atoms with E-state index in [2.05, 4.69) is 10.4 Å². The molecule has 1 aromatic heterocycles. The number of nitrogens with two attached hydrogens (primary N) is 1. The Morgan fingerprint density at radius 3 is 2.84 bits per heavy atom. The van der Waals surface area contributed by atoms with Crippen molar-refractivity contribution in [2.24, 2.45) is 0 Å². The van der Waals surface area contributed by atoms with Crippen LogP contribution in [0.3, 0.4) is 0 Å². The Morgan fingerprint density at radius 1 is 1.53 bits per heavy atom. The lowest BCUT2D eigenvalue weighted by Crippen LogP contribution is -2.24. The van der Waals surface area contributed by atoms with Gasteiger partial charge < -0.3 is 11.1 Å². The zero-order valence-electron chi connectivity index (χ0n) is 10.8. The number of benzene rings is 1. The second-order valence-corrected chi connectivity index (χ2v) is 4.55. The summed E-state index contributed by atoms with van der Waals surface area (Å²) < 4.78 is 1.57. The summed E-state index contributed by atoms with van der Waals surface area (Å²) in [6, 6.07) is 5.07. The summed E-state index contributed by atoms with van der Waals surface area (Å²) in [5.41, 5.74) is 8.16. The maximum atomic E-state index is 12.0. The third-order valence-electron chi connectivity index (χ3n) is 2.69. The van der Waals surface area contributed by atoms with E-state index in [0.29, 0.717) is 34.2 Å². The number of halogens is 1. The highest BCUT2D eigenvalue weighted by atomic mass is 35.5. The summed E-state index contributed by atoms with van der Waals surface area (Å²) in [6.45, 7) is 4.22. The summed E-state index contributed by atoms with van der Waals surface area (Å²) in [5.74, 6) is -0.165. The van der Waals surface area contributed by atoms with Gasteiger partial charge in [0.25, 0.3) is 5.91 Å². The van der Waals surface area contributed by atoms with Crippen LogP contribution in [0.1, 0.15) is 23.0 Å². The molecule has 0 saturated heterocycles. The summed E-state index contributed by atoms with van der Waals surface area (Å²) in [7, 11) is 0. The van der Waals surface area contributed by atoms with Crippen LogP contribution in [-0.4, -0.2) is 22.2 Å². The van der Waals surface area contributed by atoms with E-state index in [4.69, 9.17) is 17.3 Å². The van der Waals surface area contributed by atoms with E-state index in [-0.39, 0.29) is 5.91 Å². The van der Waals surface area contributed by atoms with Crippen molar-refractivity contribution in [1.82, 2.24) is 15.1 Å². The number of hydrogen-bond acceptors (Lipinski definition) is 3. The van der Waals surface area contributed by atoms with E-state index in [1.807, 2.05) is 6.92 Å². The lowest BCUT2D eigenvalue weighted by atomic mass is 10.1. The normalized spacial score (nSPS) is 10.5. The van der Waals surface area contributed by atoms with E-state index >= 15 is 0 Å². The summed E-state index contributed by atoms with van der Waals surface area (Å²) >= 11 is 6.00. The SMILES string of the molecule is CCNC(=O)c1ccc(N)cc1-n1cc(Cl)c(C)n1. The van der Waals surface area contributed by atoms with Crippen LogP contribution in [0.4, 0.5) is 5.69 Å². The Balaban J connectivity index is 2.54. The molecule has 0 radical (unpaired) electrons. The van der Waals surface area contributed by atoms with Gasteiger partial charge in [0.15, 0.2) is 0 Å². The molecule has 19 heavy (non-hydrogen) atoms. The van der Waals surface area contributed by atoms with Gasteiger partial charge in [-0.15, -0.1) is 0 Å². The van der Waals surface area contributed by atoms with Crippen LogP contribution < -0.4 is 11.1 Å². The average molecular weight is 279 g/mol.